The molecular formula is C14H10F2O3. The Labute approximate surface area is 108 Å². The molecule has 0 saturated carbocycles. The van der Waals surface area contributed by atoms with E-state index in [1.54, 1.807) is 0 Å². The van der Waals surface area contributed by atoms with Crippen LogP contribution in [0.25, 0.3) is 0 Å². The Hall–Kier alpha value is -2.43. The molecule has 98 valence electrons. The molecule has 0 unspecified atom stereocenters. The summed E-state index contributed by atoms with van der Waals surface area (Å²) in [5, 5.41) is 8.91. The second-order valence-electron chi connectivity index (χ2n) is 3.83. The fourth-order valence-electron chi connectivity index (χ4n) is 1.57. The normalized spacial score (nSPS) is 10.2. The zero-order valence-corrected chi connectivity index (χ0v) is 9.77. The lowest BCUT2D eigenvalue weighted by atomic mass is 10.2. The number of aromatic carboxylic acids is 1. The Morgan fingerprint density at radius 2 is 1.79 bits per heavy atom. The SMILES string of the molecule is O=C(O)c1c(F)cccc1OCc1ccc(F)cc1. The number of carboxylic acid groups (broad SMARTS) is 1. The van der Waals surface area contributed by atoms with Crippen molar-refractivity contribution >= 4 is 5.97 Å². The Balaban J connectivity index is 2.18. The maximum absolute atomic E-state index is 13.4. The summed E-state index contributed by atoms with van der Waals surface area (Å²) in [4.78, 5) is 10.9. The van der Waals surface area contributed by atoms with Crippen molar-refractivity contribution < 1.29 is 23.4 Å². The van der Waals surface area contributed by atoms with E-state index in [-0.39, 0.29) is 18.2 Å². The van der Waals surface area contributed by atoms with Gasteiger partial charge in [-0.25, -0.2) is 13.6 Å². The van der Waals surface area contributed by atoms with Gasteiger partial charge in [0.25, 0.3) is 0 Å². The van der Waals surface area contributed by atoms with Gasteiger partial charge in [-0.1, -0.05) is 18.2 Å². The van der Waals surface area contributed by atoms with Crippen molar-refractivity contribution in [3.05, 3.63) is 65.2 Å². The van der Waals surface area contributed by atoms with E-state index in [2.05, 4.69) is 0 Å². The molecule has 0 bridgehead atoms. The van der Waals surface area contributed by atoms with Crippen molar-refractivity contribution in [3.8, 4) is 5.75 Å². The fourth-order valence-corrected chi connectivity index (χ4v) is 1.57. The van der Waals surface area contributed by atoms with Gasteiger partial charge in [0.1, 0.15) is 29.6 Å². The monoisotopic (exact) mass is 264 g/mol. The van der Waals surface area contributed by atoms with Gasteiger partial charge in [0, 0.05) is 0 Å². The summed E-state index contributed by atoms with van der Waals surface area (Å²) in [6, 6.07) is 9.33. The van der Waals surface area contributed by atoms with E-state index in [9.17, 15) is 13.6 Å². The van der Waals surface area contributed by atoms with E-state index in [1.165, 1.54) is 36.4 Å². The van der Waals surface area contributed by atoms with Gasteiger partial charge in [0.2, 0.25) is 0 Å². The van der Waals surface area contributed by atoms with E-state index >= 15 is 0 Å². The molecule has 0 aliphatic rings. The highest BCUT2D eigenvalue weighted by Gasteiger charge is 2.16. The fraction of sp³-hybridized carbons (Fsp3) is 0.0714. The van der Waals surface area contributed by atoms with Crippen molar-refractivity contribution in [2.45, 2.75) is 6.61 Å². The molecule has 0 spiro atoms. The molecular weight excluding hydrogens is 254 g/mol. The average Bonchev–Trinajstić information content (AvgIpc) is 2.37. The third-order valence-electron chi connectivity index (χ3n) is 2.50. The molecule has 2 rings (SSSR count). The van der Waals surface area contributed by atoms with Crippen molar-refractivity contribution in [1.29, 1.82) is 0 Å². The zero-order valence-electron chi connectivity index (χ0n) is 9.77. The number of hydrogen-bond donors (Lipinski definition) is 1. The number of carbonyl (C=O) groups is 1. The van der Waals surface area contributed by atoms with E-state index in [0.29, 0.717) is 5.56 Å². The lowest BCUT2D eigenvalue weighted by molar-refractivity contribution is 0.0686. The van der Waals surface area contributed by atoms with Crippen LogP contribution in [0.1, 0.15) is 15.9 Å². The van der Waals surface area contributed by atoms with Crippen LogP contribution in [0.15, 0.2) is 42.5 Å². The summed E-state index contributed by atoms with van der Waals surface area (Å²) < 4.78 is 31.3. The second kappa shape index (κ2) is 5.48. The molecule has 0 fully saturated rings. The number of carboxylic acids is 1. The van der Waals surface area contributed by atoms with E-state index in [1.807, 2.05) is 0 Å². The Kier molecular flexibility index (Phi) is 3.75. The molecule has 0 aliphatic carbocycles. The van der Waals surface area contributed by atoms with Crippen LogP contribution in [-0.2, 0) is 6.61 Å². The van der Waals surface area contributed by atoms with E-state index in [0.717, 1.165) is 6.07 Å². The van der Waals surface area contributed by atoms with Crippen LogP contribution >= 0.6 is 0 Å². The molecule has 19 heavy (non-hydrogen) atoms. The van der Waals surface area contributed by atoms with Gasteiger partial charge in [0.05, 0.1) is 0 Å². The van der Waals surface area contributed by atoms with Crippen molar-refractivity contribution in [2.75, 3.05) is 0 Å². The molecule has 0 heterocycles. The van der Waals surface area contributed by atoms with Gasteiger partial charge in [-0.05, 0) is 29.8 Å². The predicted octanol–water partition coefficient (Wildman–Crippen LogP) is 3.24. The van der Waals surface area contributed by atoms with Crippen LogP contribution in [0, 0.1) is 11.6 Å². The minimum atomic E-state index is -1.40. The minimum absolute atomic E-state index is 0.0318. The van der Waals surface area contributed by atoms with Gasteiger partial charge in [-0.3, -0.25) is 0 Å². The minimum Gasteiger partial charge on any atom is -0.488 e. The van der Waals surface area contributed by atoms with Gasteiger partial charge in [-0.15, -0.1) is 0 Å². The van der Waals surface area contributed by atoms with Crippen LogP contribution in [0.5, 0.6) is 5.75 Å². The third-order valence-corrected chi connectivity index (χ3v) is 2.50. The van der Waals surface area contributed by atoms with Crippen LogP contribution < -0.4 is 4.74 Å². The van der Waals surface area contributed by atoms with Crippen molar-refractivity contribution in [3.63, 3.8) is 0 Å². The third kappa shape index (κ3) is 3.07. The van der Waals surface area contributed by atoms with Gasteiger partial charge >= 0.3 is 5.97 Å². The Morgan fingerprint density at radius 1 is 1.11 bits per heavy atom. The van der Waals surface area contributed by atoms with Crippen LogP contribution in [0.3, 0.4) is 0 Å². The first kappa shape index (κ1) is 13.0. The average molecular weight is 264 g/mol. The molecule has 0 radical (unpaired) electrons. The number of halogens is 2. The molecule has 0 aromatic heterocycles. The highest BCUT2D eigenvalue weighted by Crippen LogP contribution is 2.22. The maximum atomic E-state index is 13.4. The van der Waals surface area contributed by atoms with Crippen LogP contribution in [0.4, 0.5) is 8.78 Å². The highest BCUT2D eigenvalue weighted by molar-refractivity contribution is 5.91. The summed E-state index contributed by atoms with van der Waals surface area (Å²) >= 11 is 0. The summed E-state index contributed by atoms with van der Waals surface area (Å²) in [5.74, 6) is -2.69. The number of benzene rings is 2. The molecule has 0 amide bonds. The van der Waals surface area contributed by atoms with Crippen LogP contribution in [-0.4, -0.2) is 11.1 Å². The van der Waals surface area contributed by atoms with Gasteiger partial charge in [0.15, 0.2) is 0 Å². The largest absolute Gasteiger partial charge is 0.488 e. The van der Waals surface area contributed by atoms with Crippen LogP contribution in [0.2, 0.25) is 0 Å². The molecule has 0 saturated heterocycles. The van der Waals surface area contributed by atoms with Gasteiger partial charge < -0.3 is 9.84 Å². The summed E-state index contributed by atoms with van der Waals surface area (Å²) in [5.41, 5.74) is 0.145. The van der Waals surface area contributed by atoms with E-state index in [4.69, 9.17) is 9.84 Å². The van der Waals surface area contributed by atoms with Crippen molar-refractivity contribution in [2.24, 2.45) is 0 Å². The van der Waals surface area contributed by atoms with Crippen molar-refractivity contribution in [1.82, 2.24) is 0 Å². The summed E-state index contributed by atoms with van der Waals surface area (Å²) in [6.45, 7) is 0.0318. The Bertz CT molecular complexity index is 594. The lowest BCUT2D eigenvalue weighted by Crippen LogP contribution is -2.06. The molecule has 2 aromatic rings. The molecule has 0 atom stereocenters. The first-order chi connectivity index (χ1) is 9.08. The molecule has 0 aliphatic heterocycles. The van der Waals surface area contributed by atoms with Gasteiger partial charge in [-0.2, -0.15) is 0 Å². The summed E-state index contributed by atoms with van der Waals surface area (Å²) in [6.07, 6.45) is 0. The number of rotatable bonds is 4. The number of hydrogen-bond acceptors (Lipinski definition) is 2. The first-order valence-corrected chi connectivity index (χ1v) is 5.47. The zero-order chi connectivity index (χ0) is 13.8. The molecule has 5 heteroatoms. The van der Waals surface area contributed by atoms with E-state index < -0.39 is 17.3 Å². The topological polar surface area (TPSA) is 46.5 Å². The standard InChI is InChI=1S/C14H10F2O3/c15-10-6-4-9(5-7-10)8-19-12-3-1-2-11(16)13(12)14(17)18/h1-7H,8H2,(H,17,18). The molecule has 2 aromatic carbocycles. The lowest BCUT2D eigenvalue weighted by Gasteiger charge is -2.09. The predicted molar refractivity (Wildman–Crippen MR) is 64.1 cm³/mol. The quantitative estimate of drug-likeness (QED) is 0.922. The first-order valence-electron chi connectivity index (χ1n) is 5.47. The number of ether oxygens (including phenoxy) is 1. The second-order valence-corrected chi connectivity index (χ2v) is 3.83. The molecule has 3 nitrogen and oxygen atoms in total. The molecule has 1 N–H and O–H groups in total. The summed E-state index contributed by atoms with van der Waals surface area (Å²) in [7, 11) is 0. The highest BCUT2D eigenvalue weighted by atomic mass is 19.1. The smallest absolute Gasteiger partial charge is 0.342 e. The Morgan fingerprint density at radius 3 is 2.42 bits per heavy atom. The maximum Gasteiger partial charge on any atom is 0.342 e.